The minimum absolute atomic E-state index is 0.544. The first-order valence-corrected chi connectivity index (χ1v) is 8.09. The van der Waals surface area contributed by atoms with Gasteiger partial charge in [-0.1, -0.05) is 12.1 Å². The number of nitrogens with zero attached hydrogens (tertiary/aromatic N) is 2. The molecule has 2 N–H and O–H groups in total. The summed E-state index contributed by atoms with van der Waals surface area (Å²) < 4.78 is 1.15. The van der Waals surface area contributed by atoms with Crippen LogP contribution in [0.15, 0.2) is 48.8 Å². The van der Waals surface area contributed by atoms with E-state index in [0.717, 1.165) is 25.1 Å². The molecule has 0 aliphatic carbocycles. The van der Waals surface area contributed by atoms with Gasteiger partial charge in [-0.05, 0) is 58.0 Å². The molecule has 3 aromatic rings. The van der Waals surface area contributed by atoms with Crippen LogP contribution >= 0.6 is 33.9 Å². The summed E-state index contributed by atoms with van der Waals surface area (Å²) in [5.74, 6) is 0. The predicted octanol–water partition coefficient (Wildman–Crippen LogP) is 4.54. The second kappa shape index (κ2) is 5.84. The van der Waals surface area contributed by atoms with Crippen LogP contribution in [0.2, 0.25) is 0 Å². The summed E-state index contributed by atoms with van der Waals surface area (Å²) in [4.78, 5) is 5.61. The van der Waals surface area contributed by atoms with Crippen molar-refractivity contribution < 1.29 is 0 Å². The summed E-state index contributed by atoms with van der Waals surface area (Å²) in [5.41, 5.74) is 9.71. The van der Waals surface area contributed by atoms with Crippen LogP contribution in [-0.2, 0) is 0 Å². The molecule has 0 saturated carbocycles. The van der Waals surface area contributed by atoms with Crippen molar-refractivity contribution in [2.45, 2.75) is 0 Å². The topological polar surface area (TPSA) is 62.7 Å². The fourth-order valence-corrected chi connectivity index (χ4v) is 3.74. The molecule has 2 aromatic heterocycles. The van der Waals surface area contributed by atoms with Crippen LogP contribution in [0.3, 0.4) is 0 Å². The van der Waals surface area contributed by atoms with Crippen LogP contribution in [0, 0.1) is 14.9 Å². The molecule has 0 saturated heterocycles. The van der Waals surface area contributed by atoms with Crippen molar-refractivity contribution >= 4 is 39.6 Å². The van der Waals surface area contributed by atoms with Gasteiger partial charge in [-0.2, -0.15) is 5.26 Å². The highest BCUT2D eigenvalue weighted by Gasteiger charge is 2.18. The number of nitrogens with two attached hydrogens (primary N) is 1. The standard InChI is InChI=1S/C16H10IN3S/c17-12-3-1-2-11(8-12)16-14(10-4-6-20-7-5-10)15(19)13(9-18)21-16/h1-8H,19H2. The second-order valence-corrected chi connectivity index (χ2v) is 6.67. The van der Waals surface area contributed by atoms with Gasteiger partial charge < -0.3 is 5.73 Å². The molecule has 1 aromatic carbocycles. The smallest absolute Gasteiger partial charge is 0.129 e. The number of rotatable bonds is 2. The molecule has 102 valence electrons. The Kier molecular flexibility index (Phi) is 3.90. The van der Waals surface area contributed by atoms with Crippen molar-refractivity contribution in [2.75, 3.05) is 5.73 Å². The van der Waals surface area contributed by atoms with Gasteiger partial charge in [0.25, 0.3) is 0 Å². The molecule has 3 nitrogen and oxygen atoms in total. The Hall–Kier alpha value is -1.91. The van der Waals surface area contributed by atoms with E-state index in [1.54, 1.807) is 12.4 Å². The summed E-state index contributed by atoms with van der Waals surface area (Å²) in [6.45, 7) is 0. The molecule has 0 unspecified atom stereocenters. The monoisotopic (exact) mass is 403 g/mol. The second-order valence-electron chi connectivity index (χ2n) is 4.41. The maximum Gasteiger partial charge on any atom is 0.129 e. The lowest BCUT2D eigenvalue weighted by molar-refractivity contribution is 1.33. The molecular formula is C16H10IN3S. The van der Waals surface area contributed by atoms with Crippen LogP contribution in [0.25, 0.3) is 21.6 Å². The zero-order chi connectivity index (χ0) is 14.8. The molecule has 0 aliphatic rings. The van der Waals surface area contributed by atoms with Crippen LogP contribution in [0.4, 0.5) is 5.69 Å². The Bertz CT molecular complexity index is 834. The molecule has 0 radical (unpaired) electrons. The van der Waals surface area contributed by atoms with Crippen LogP contribution in [-0.4, -0.2) is 4.98 Å². The molecule has 5 heteroatoms. The van der Waals surface area contributed by atoms with Crippen molar-refractivity contribution in [3.05, 3.63) is 57.2 Å². The summed E-state index contributed by atoms with van der Waals surface area (Å²) in [7, 11) is 0. The minimum atomic E-state index is 0.544. The average Bonchev–Trinajstić information content (AvgIpc) is 2.85. The maximum absolute atomic E-state index is 9.27. The van der Waals surface area contributed by atoms with E-state index in [4.69, 9.17) is 5.73 Å². The van der Waals surface area contributed by atoms with Crippen molar-refractivity contribution in [3.8, 4) is 27.6 Å². The average molecular weight is 403 g/mol. The Labute approximate surface area is 140 Å². The first kappa shape index (κ1) is 14.0. The number of hydrogen-bond donors (Lipinski definition) is 1. The normalized spacial score (nSPS) is 10.3. The number of hydrogen-bond acceptors (Lipinski definition) is 4. The highest BCUT2D eigenvalue weighted by Crippen LogP contribution is 2.44. The first-order valence-electron chi connectivity index (χ1n) is 6.19. The van der Waals surface area contributed by atoms with Gasteiger partial charge in [0, 0.05) is 26.4 Å². The number of aromatic nitrogens is 1. The van der Waals surface area contributed by atoms with E-state index in [9.17, 15) is 5.26 Å². The van der Waals surface area contributed by atoms with E-state index < -0.39 is 0 Å². The molecule has 0 atom stereocenters. The fraction of sp³-hybridized carbons (Fsp3) is 0. The number of benzene rings is 1. The number of nitrogen functional groups attached to an aromatic ring is 1. The zero-order valence-electron chi connectivity index (χ0n) is 10.9. The van der Waals surface area contributed by atoms with Crippen molar-refractivity contribution in [2.24, 2.45) is 0 Å². The van der Waals surface area contributed by atoms with Crippen LogP contribution < -0.4 is 5.73 Å². The SMILES string of the molecule is N#Cc1sc(-c2cccc(I)c2)c(-c2ccncc2)c1N. The number of anilines is 1. The zero-order valence-corrected chi connectivity index (χ0v) is 13.9. The number of pyridine rings is 1. The van der Waals surface area contributed by atoms with E-state index in [2.05, 4.69) is 39.7 Å². The largest absolute Gasteiger partial charge is 0.396 e. The molecule has 0 bridgehead atoms. The third kappa shape index (κ3) is 2.64. The lowest BCUT2D eigenvalue weighted by atomic mass is 10.0. The number of halogens is 1. The summed E-state index contributed by atoms with van der Waals surface area (Å²) >= 11 is 3.71. The third-order valence-electron chi connectivity index (χ3n) is 3.10. The van der Waals surface area contributed by atoms with E-state index in [0.29, 0.717) is 10.6 Å². The van der Waals surface area contributed by atoms with Crippen molar-refractivity contribution in [1.29, 1.82) is 5.26 Å². The molecule has 3 rings (SSSR count). The maximum atomic E-state index is 9.27. The quantitative estimate of drug-likeness (QED) is 0.640. The van der Waals surface area contributed by atoms with E-state index in [-0.39, 0.29) is 0 Å². The lowest BCUT2D eigenvalue weighted by Crippen LogP contribution is -1.89. The van der Waals surface area contributed by atoms with Gasteiger partial charge in [-0.3, -0.25) is 4.98 Å². The van der Waals surface area contributed by atoms with Gasteiger partial charge in [-0.15, -0.1) is 11.3 Å². The van der Waals surface area contributed by atoms with Gasteiger partial charge in [0.1, 0.15) is 10.9 Å². The Morgan fingerprint density at radius 2 is 1.90 bits per heavy atom. The Balaban J connectivity index is 2.29. The fourth-order valence-electron chi connectivity index (χ4n) is 2.17. The highest BCUT2D eigenvalue weighted by molar-refractivity contribution is 14.1. The Morgan fingerprint density at radius 1 is 1.14 bits per heavy atom. The van der Waals surface area contributed by atoms with Crippen LogP contribution in [0.5, 0.6) is 0 Å². The van der Waals surface area contributed by atoms with Gasteiger partial charge in [0.2, 0.25) is 0 Å². The van der Waals surface area contributed by atoms with E-state index in [1.807, 2.05) is 30.3 Å². The molecule has 0 fully saturated rings. The van der Waals surface area contributed by atoms with Gasteiger partial charge in [0.05, 0.1) is 5.69 Å². The number of thiophene rings is 1. The van der Waals surface area contributed by atoms with E-state index >= 15 is 0 Å². The third-order valence-corrected chi connectivity index (χ3v) is 4.93. The van der Waals surface area contributed by atoms with Gasteiger partial charge >= 0.3 is 0 Å². The minimum Gasteiger partial charge on any atom is -0.396 e. The summed E-state index contributed by atoms with van der Waals surface area (Å²) in [6.07, 6.45) is 3.47. The molecule has 0 amide bonds. The molecule has 21 heavy (non-hydrogen) atoms. The summed E-state index contributed by atoms with van der Waals surface area (Å²) in [6, 6.07) is 14.2. The Morgan fingerprint density at radius 3 is 2.57 bits per heavy atom. The first-order chi connectivity index (χ1) is 10.2. The molecule has 0 spiro atoms. The van der Waals surface area contributed by atoms with Crippen molar-refractivity contribution in [3.63, 3.8) is 0 Å². The highest BCUT2D eigenvalue weighted by atomic mass is 127. The van der Waals surface area contributed by atoms with Gasteiger partial charge in [-0.25, -0.2) is 0 Å². The lowest BCUT2D eigenvalue weighted by Gasteiger charge is -2.06. The van der Waals surface area contributed by atoms with Crippen molar-refractivity contribution in [1.82, 2.24) is 4.98 Å². The van der Waals surface area contributed by atoms with Crippen LogP contribution in [0.1, 0.15) is 4.88 Å². The molecular weight excluding hydrogens is 393 g/mol. The predicted molar refractivity (Wildman–Crippen MR) is 94.8 cm³/mol. The number of nitriles is 1. The molecule has 2 heterocycles. The van der Waals surface area contributed by atoms with Gasteiger partial charge in [0.15, 0.2) is 0 Å². The summed E-state index contributed by atoms with van der Waals surface area (Å²) in [5, 5.41) is 9.27. The molecule has 0 aliphatic heterocycles. The van der Waals surface area contributed by atoms with E-state index in [1.165, 1.54) is 11.3 Å².